The Hall–Kier alpha value is -1.17. The fraction of sp³-hybridized carbons (Fsp3) is 0.615. The van der Waals surface area contributed by atoms with Crippen molar-refractivity contribution in [3.05, 3.63) is 24.0 Å². The third kappa shape index (κ3) is 5.00. The fourth-order valence-electron chi connectivity index (χ4n) is 1.51. The van der Waals surface area contributed by atoms with Crippen LogP contribution >= 0.6 is 0 Å². The minimum atomic E-state index is -0.0609. The van der Waals surface area contributed by atoms with Crippen LogP contribution in [0.4, 0.5) is 0 Å². The average molecular weight is 253 g/mol. The Kier molecular flexibility index (Phi) is 7.32. The van der Waals surface area contributed by atoms with Crippen LogP contribution in [0.3, 0.4) is 0 Å². The second-order valence-corrected chi connectivity index (χ2v) is 4.10. The Morgan fingerprint density at radius 1 is 1.28 bits per heavy atom. The van der Waals surface area contributed by atoms with Gasteiger partial charge in [0.05, 0.1) is 25.5 Å². The van der Waals surface area contributed by atoms with Crippen LogP contribution in [-0.4, -0.2) is 24.8 Å². The minimum Gasteiger partial charge on any atom is -0.492 e. The summed E-state index contributed by atoms with van der Waals surface area (Å²) < 4.78 is 11.0. The smallest absolute Gasteiger partial charge is 0.137 e. The predicted molar refractivity (Wildman–Crippen MR) is 71.2 cm³/mol. The molecule has 1 aromatic rings. The molecule has 0 aromatic carbocycles. The largest absolute Gasteiger partial charge is 0.492 e. The summed E-state index contributed by atoms with van der Waals surface area (Å²) >= 11 is 0. The lowest BCUT2D eigenvalue weighted by molar-refractivity contribution is 0.112. The van der Waals surface area contributed by atoms with Crippen LogP contribution in [0.25, 0.3) is 0 Å². The first-order valence-corrected chi connectivity index (χ1v) is 6.43. The lowest BCUT2D eigenvalue weighted by Gasteiger charge is -2.16. The van der Waals surface area contributed by atoms with Crippen LogP contribution in [0, 0.1) is 0 Å². The second kappa shape index (κ2) is 8.85. The number of hydrazine groups is 1. The molecule has 0 amide bonds. The topological polar surface area (TPSA) is 69.4 Å². The van der Waals surface area contributed by atoms with Gasteiger partial charge in [-0.25, -0.2) is 0 Å². The van der Waals surface area contributed by atoms with Gasteiger partial charge in [-0.15, -0.1) is 0 Å². The molecule has 1 heterocycles. The van der Waals surface area contributed by atoms with Gasteiger partial charge in [-0.3, -0.25) is 16.3 Å². The highest BCUT2D eigenvalue weighted by atomic mass is 16.5. The third-order valence-corrected chi connectivity index (χ3v) is 2.44. The van der Waals surface area contributed by atoms with Crippen LogP contribution in [0.2, 0.25) is 0 Å². The Labute approximate surface area is 109 Å². The highest BCUT2D eigenvalue weighted by Crippen LogP contribution is 2.17. The molecule has 0 saturated heterocycles. The summed E-state index contributed by atoms with van der Waals surface area (Å²) in [6.45, 7) is 6.10. The average Bonchev–Trinajstić information content (AvgIpc) is 2.42. The molecule has 0 saturated carbocycles. The molecule has 1 unspecified atom stereocenters. The number of pyridine rings is 1. The fourth-order valence-corrected chi connectivity index (χ4v) is 1.51. The van der Waals surface area contributed by atoms with Crippen molar-refractivity contribution in [1.29, 1.82) is 0 Å². The molecule has 102 valence electrons. The summed E-state index contributed by atoms with van der Waals surface area (Å²) in [7, 11) is 0. The van der Waals surface area contributed by atoms with E-state index in [0.717, 1.165) is 30.8 Å². The molecular formula is C13H23N3O2. The molecule has 0 spiro atoms. The van der Waals surface area contributed by atoms with Crippen LogP contribution in [-0.2, 0) is 4.74 Å². The van der Waals surface area contributed by atoms with Crippen molar-refractivity contribution in [2.24, 2.45) is 5.84 Å². The normalized spacial score (nSPS) is 12.4. The van der Waals surface area contributed by atoms with Gasteiger partial charge in [0.25, 0.3) is 0 Å². The molecule has 3 N–H and O–H groups in total. The SMILES string of the molecule is CCCOCC(NN)c1cncc(OCCC)c1. The summed E-state index contributed by atoms with van der Waals surface area (Å²) in [6.07, 6.45) is 5.45. The molecule has 1 rings (SSSR count). The van der Waals surface area contributed by atoms with E-state index in [1.807, 2.05) is 6.07 Å². The zero-order valence-corrected chi connectivity index (χ0v) is 11.2. The van der Waals surface area contributed by atoms with Crippen molar-refractivity contribution < 1.29 is 9.47 Å². The van der Waals surface area contributed by atoms with Gasteiger partial charge < -0.3 is 9.47 Å². The molecule has 0 bridgehead atoms. The summed E-state index contributed by atoms with van der Waals surface area (Å²) in [4.78, 5) is 4.16. The minimum absolute atomic E-state index is 0.0609. The van der Waals surface area contributed by atoms with Crippen LogP contribution < -0.4 is 16.0 Å². The van der Waals surface area contributed by atoms with E-state index in [9.17, 15) is 0 Å². The highest BCUT2D eigenvalue weighted by Gasteiger charge is 2.11. The number of nitrogens with two attached hydrogens (primary N) is 1. The van der Waals surface area contributed by atoms with Gasteiger partial charge in [-0.05, 0) is 24.5 Å². The van der Waals surface area contributed by atoms with Crippen molar-refractivity contribution >= 4 is 0 Å². The Morgan fingerprint density at radius 3 is 2.72 bits per heavy atom. The van der Waals surface area contributed by atoms with E-state index in [4.69, 9.17) is 15.3 Å². The third-order valence-electron chi connectivity index (χ3n) is 2.44. The number of ether oxygens (including phenoxy) is 2. The standard InChI is InChI=1S/C13H23N3O2/c1-3-5-17-10-13(16-14)11-7-12(9-15-8-11)18-6-4-2/h7-9,13,16H,3-6,10,14H2,1-2H3. The zero-order chi connectivity index (χ0) is 13.2. The van der Waals surface area contributed by atoms with E-state index in [2.05, 4.69) is 24.3 Å². The van der Waals surface area contributed by atoms with Gasteiger partial charge in [0.15, 0.2) is 0 Å². The van der Waals surface area contributed by atoms with E-state index >= 15 is 0 Å². The van der Waals surface area contributed by atoms with Crippen molar-refractivity contribution in [3.63, 3.8) is 0 Å². The van der Waals surface area contributed by atoms with Gasteiger partial charge >= 0.3 is 0 Å². The molecule has 5 heteroatoms. The highest BCUT2D eigenvalue weighted by molar-refractivity contribution is 5.26. The number of hydrogen-bond acceptors (Lipinski definition) is 5. The maximum Gasteiger partial charge on any atom is 0.137 e. The molecule has 0 radical (unpaired) electrons. The number of rotatable bonds is 9. The van der Waals surface area contributed by atoms with Gasteiger partial charge in [-0.2, -0.15) is 0 Å². The Morgan fingerprint density at radius 2 is 2.06 bits per heavy atom. The monoisotopic (exact) mass is 253 g/mol. The summed E-state index contributed by atoms with van der Waals surface area (Å²) in [5.41, 5.74) is 3.71. The van der Waals surface area contributed by atoms with E-state index in [1.165, 1.54) is 0 Å². The van der Waals surface area contributed by atoms with E-state index in [1.54, 1.807) is 12.4 Å². The van der Waals surface area contributed by atoms with Gasteiger partial charge in [0.2, 0.25) is 0 Å². The van der Waals surface area contributed by atoms with Crippen molar-refractivity contribution in [3.8, 4) is 5.75 Å². The first-order chi connectivity index (χ1) is 8.81. The lowest BCUT2D eigenvalue weighted by Crippen LogP contribution is -2.31. The molecule has 0 aliphatic carbocycles. The van der Waals surface area contributed by atoms with Crippen molar-refractivity contribution in [2.75, 3.05) is 19.8 Å². The maximum atomic E-state index is 5.54. The van der Waals surface area contributed by atoms with E-state index < -0.39 is 0 Å². The predicted octanol–water partition coefficient (Wildman–Crippen LogP) is 1.80. The molecule has 1 atom stereocenters. The summed E-state index contributed by atoms with van der Waals surface area (Å²) in [6, 6.07) is 1.89. The van der Waals surface area contributed by atoms with Gasteiger partial charge in [0.1, 0.15) is 5.75 Å². The van der Waals surface area contributed by atoms with Gasteiger partial charge in [-0.1, -0.05) is 13.8 Å². The molecule has 0 aliphatic heterocycles. The maximum absolute atomic E-state index is 5.54. The van der Waals surface area contributed by atoms with Crippen LogP contribution in [0.5, 0.6) is 5.75 Å². The molecule has 0 fully saturated rings. The molecule has 5 nitrogen and oxygen atoms in total. The van der Waals surface area contributed by atoms with Crippen molar-refractivity contribution in [1.82, 2.24) is 10.4 Å². The lowest BCUT2D eigenvalue weighted by atomic mass is 10.1. The zero-order valence-electron chi connectivity index (χ0n) is 11.2. The summed E-state index contributed by atoms with van der Waals surface area (Å²) in [5.74, 6) is 6.31. The van der Waals surface area contributed by atoms with E-state index in [0.29, 0.717) is 13.2 Å². The molecule has 18 heavy (non-hydrogen) atoms. The number of aromatic nitrogens is 1. The number of nitrogens with zero attached hydrogens (tertiary/aromatic N) is 1. The van der Waals surface area contributed by atoms with Crippen molar-refractivity contribution in [2.45, 2.75) is 32.7 Å². The van der Waals surface area contributed by atoms with Crippen LogP contribution in [0.15, 0.2) is 18.5 Å². The quantitative estimate of drug-likeness (QED) is 0.399. The van der Waals surface area contributed by atoms with E-state index in [-0.39, 0.29) is 6.04 Å². The van der Waals surface area contributed by atoms with Gasteiger partial charge in [0, 0.05) is 12.8 Å². The number of hydrogen-bond donors (Lipinski definition) is 2. The molecular weight excluding hydrogens is 230 g/mol. The number of nitrogens with one attached hydrogen (secondary N) is 1. The first-order valence-electron chi connectivity index (χ1n) is 6.43. The molecule has 1 aromatic heterocycles. The Balaban J connectivity index is 2.60. The molecule has 0 aliphatic rings. The first kappa shape index (κ1) is 14.9. The van der Waals surface area contributed by atoms with Crippen LogP contribution in [0.1, 0.15) is 38.3 Å². The Bertz CT molecular complexity index is 334. The second-order valence-electron chi connectivity index (χ2n) is 4.10. The summed E-state index contributed by atoms with van der Waals surface area (Å²) in [5, 5.41) is 0.